The fourth-order valence-corrected chi connectivity index (χ4v) is 3.32. The number of hydrogen-bond acceptors (Lipinski definition) is 2. The number of benzene rings is 1. The molecule has 2 nitrogen and oxygen atoms in total. The zero-order chi connectivity index (χ0) is 11.0. The summed E-state index contributed by atoms with van der Waals surface area (Å²) in [5.41, 5.74) is 4.20. The van der Waals surface area contributed by atoms with E-state index in [0.29, 0.717) is 0 Å². The van der Waals surface area contributed by atoms with Gasteiger partial charge in [0, 0.05) is 47.5 Å². The largest absolute Gasteiger partial charge is 0.298 e. The van der Waals surface area contributed by atoms with Gasteiger partial charge in [0.05, 0.1) is 5.52 Å². The quantitative estimate of drug-likeness (QED) is 0.615. The number of aryl methyl sites for hydroxylation is 2. The van der Waals surface area contributed by atoms with E-state index in [1.165, 1.54) is 5.56 Å². The lowest BCUT2D eigenvalue weighted by Gasteiger charge is -2.06. The standard InChI is InChI=1S/C11H10INOS/c1-7-5-8(2)11-9(10(7)6-14)3-4-13(11)15-12/h3-6H,1-2H3. The van der Waals surface area contributed by atoms with Crippen LogP contribution in [0.1, 0.15) is 21.5 Å². The molecule has 1 aromatic heterocycles. The van der Waals surface area contributed by atoms with Gasteiger partial charge >= 0.3 is 0 Å². The maximum atomic E-state index is 11.0. The summed E-state index contributed by atoms with van der Waals surface area (Å²) < 4.78 is 2.08. The summed E-state index contributed by atoms with van der Waals surface area (Å²) in [6, 6.07) is 4.07. The molecule has 0 spiro atoms. The van der Waals surface area contributed by atoms with Gasteiger partial charge in [0.1, 0.15) is 0 Å². The van der Waals surface area contributed by atoms with Crippen molar-refractivity contribution in [2.75, 3.05) is 0 Å². The lowest BCUT2D eigenvalue weighted by Crippen LogP contribution is -1.92. The van der Waals surface area contributed by atoms with E-state index < -0.39 is 0 Å². The molecule has 0 amide bonds. The van der Waals surface area contributed by atoms with Gasteiger partial charge in [-0.25, -0.2) is 0 Å². The van der Waals surface area contributed by atoms with Gasteiger partial charge in [0.25, 0.3) is 0 Å². The van der Waals surface area contributed by atoms with Gasteiger partial charge in [-0.2, -0.15) is 0 Å². The van der Waals surface area contributed by atoms with Crippen LogP contribution in [0, 0.1) is 13.8 Å². The summed E-state index contributed by atoms with van der Waals surface area (Å²) in [7, 11) is 1.61. The van der Waals surface area contributed by atoms with Crippen LogP contribution in [0.5, 0.6) is 0 Å². The normalized spacial score (nSPS) is 10.9. The topological polar surface area (TPSA) is 22.0 Å². The second-order valence-electron chi connectivity index (χ2n) is 3.51. The summed E-state index contributed by atoms with van der Waals surface area (Å²) in [5, 5.41) is 1.05. The van der Waals surface area contributed by atoms with Crippen molar-refractivity contribution in [2.45, 2.75) is 13.8 Å². The minimum Gasteiger partial charge on any atom is -0.298 e. The highest BCUT2D eigenvalue weighted by Gasteiger charge is 2.10. The zero-order valence-corrected chi connectivity index (χ0v) is 11.4. The Hall–Kier alpha value is -0.490. The maximum absolute atomic E-state index is 11.0. The maximum Gasteiger partial charge on any atom is 0.150 e. The van der Waals surface area contributed by atoms with E-state index in [1.54, 1.807) is 9.12 Å². The number of aldehydes is 1. The third-order valence-electron chi connectivity index (χ3n) is 2.57. The van der Waals surface area contributed by atoms with Crippen molar-refractivity contribution in [3.8, 4) is 0 Å². The average Bonchev–Trinajstić information content (AvgIpc) is 2.62. The number of halogens is 1. The van der Waals surface area contributed by atoms with E-state index in [1.807, 2.05) is 19.2 Å². The Morgan fingerprint density at radius 1 is 1.40 bits per heavy atom. The molecule has 15 heavy (non-hydrogen) atoms. The molecule has 0 unspecified atom stereocenters. The Kier molecular flexibility index (Phi) is 3.06. The molecule has 0 aliphatic heterocycles. The molecular weight excluding hydrogens is 321 g/mol. The molecule has 1 heterocycles. The Labute approximate surface area is 105 Å². The third kappa shape index (κ3) is 1.69. The van der Waals surface area contributed by atoms with Crippen molar-refractivity contribution in [1.82, 2.24) is 3.97 Å². The van der Waals surface area contributed by atoms with Crippen LogP contribution >= 0.6 is 30.3 Å². The summed E-state index contributed by atoms with van der Waals surface area (Å²) in [4.78, 5) is 11.0. The molecule has 2 rings (SSSR count). The van der Waals surface area contributed by atoms with Crippen LogP contribution < -0.4 is 0 Å². The fraction of sp³-hybridized carbons (Fsp3) is 0.182. The number of nitrogens with zero attached hydrogens (tertiary/aromatic N) is 1. The van der Waals surface area contributed by atoms with Crippen LogP contribution in [0.15, 0.2) is 18.3 Å². The molecule has 2 aromatic rings. The monoisotopic (exact) mass is 331 g/mol. The Morgan fingerprint density at radius 3 is 2.73 bits per heavy atom. The highest BCUT2D eigenvalue weighted by atomic mass is 127. The second-order valence-corrected chi connectivity index (χ2v) is 5.23. The van der Waals surface area contributed by atoms with E-state index in [0.717, 1.165) is 28.3 Å². The first-order chi connectivity index (χ1) is 7.19. The first kappa shape index (κ1) is 11.0. The van der Waals surface area contributed by atoms with E-state index in [9.17, 15) is 4.79 Å². The molecule has 0 saturated carbocycles. The van der Waals surface area contributed by atoms with Gasteiger partial charge in [-0.05, 0) is 31.0 Å². The van der Waals surface area contributed by atoms with Gasteiger partial charge < -0.3 is 0 Å². The molecule has 4 heteroatoms. The van der Waals surface area contributed by atoms with Crippen LogP contribution in [0.4, 0.5) is 0 Å². The minimum absolute atomic E-state index is 0.805. The minimum atomic E-state index is 0.805. The average molecular weight is 331 g/mol. The number of aromatic nitrogens is 1. The van der Waals surface area contributed by atoms with E-state index in [2.05, 4.69) is 38.2 Å². The number of fused-ring (bicyclic) bond motifs is 1. The smallest absolute Gasteiger partial charge is 0.150 e. The fourth-order valence-electron chi connectivity index (χ4n) is 1.92. The molecule has 0 N–H and O–H groups in total. The Bertz CT molecular complexity index is 533. The summed E-state index contributed by atoms with van der Waals surface area (Å²) >= 11 is 2.24. The van der Waals surface area contributed by atoms with Gasteiger partial charge in [-0.3, -0.25) is 8.77 Å². The van der Waals surface area contributed by atoms with Gasteiger partial charge in [0.2, 0.25) is 0 Å². The van der Waals surface area contributed by atoms with Gasteiger partial charge in [-0.15, -0.1) is 0 Å². The molecule has 0 aliphatic carbocycles. The van der Waals surface area contributed by atoms with Crippen LogP contribution in [-0.4, -0.2) is 10.3 Å². The molecule has 0 saturated heterocycles. The van der Waals surface area contributed by atoms with Crippen molar-refractivity contribution in [2.24, 2.45) is 0 Å². The highest BCUT2D eigenvalue weighted by molar-refractivity contribution is 14.2. The lowest BCUT2D eigenvalue weighted by atomic mass is 10.0. The predicted octanol–water partition coefficient (Wildman–Crippen LogP) is 3.92. The van der Waals surface area contributed by atoms with E-state index >= 15 is 0 Å². The zero-order valence-electron chi connectivity index (χ0n) is 8.45. The molecule has 0 atom stereocenters. The molecule has 0 bridgehead atoms. The van der Waals surface area contributed by atoms with Crippen molar-refractivity contribution < 1.29 is 4.79 Å². The van der Waals surface area contributed by atoms with Crippen LogP contribution in [0.2, 0.25) is 0 Å². The Balaban J connectivity index is 2.92. The summed E-state index contributed by atoms with van der Waals surface area (Å²) in [5.74, 6) is 0. The molecule has 0 radical (unpaired) electrons. The number of carbonyl (C=O) groups is 1. The van der Waals surface area contributed by atoms with Crippen molar-refractivity contribution in [3.05, 3.63) is 35.0 Å². The number of hydrogen-bond donors (Lipinski definition) is 0. The summed E-state index contributed by atoms with van der Waals surface area (Å²) in [6.07, 6.45) is 2.94. The van der Waals surface area contributed by atoms with E-state index in [4.69, 9.17) is 0 Å². The van der Waals surface area contributed by atoms with Crippen molar-refractivity contribution in [3.63, 3.8) is 0 Å². The molecule has 1 aromatic carbocycles. The molecular formula is C11H10INOS. The Morgan fingerprint density at radius 2 is 2.13 bits per heavy atom. The highest BCUT2D eigenvalue weighted by Crippen LogP contribution is 2.30. The predicted molar refractivity (Wildman–Crippen MR) is 73.8 cm³/mol. The molecule has 0 fully saturated rings. The van der Waals surface area contributed by atoms with Crippen molar-refractivity contribution >= 4 is 47.5 Å². The first-order valence-corrected chi connectivity index (χ1v) is 7.86. The van der Waals surface area contributed by atoms with E-state index in [-0.39, 0.29) is 0 Å². The van der Waals surface area contributed by atoms with Crippen molar-refractivity contribution in [1.29, 1.82) is 0 Å². The lowest BCUT2D eigenvalue weighted by molar-refractivity contribution is 0.112. The van der Waals surface area contributed by atoms with Gasteiger partial charge in [0.15, 0.2) is 6.29 Å². The SMILES string of the molecule is Cc1cc(C)c2c(ccn2SI)c1C=O. The van der Waals surface area contributed by atoms with Crippen LogP contribution in [0.3, 0.4) is 0 Å². The summed E-state index contributed by atoms with van der Waals surface area (Å²) in [6.45, 7) is 4.05. The first-order valence-electron chi connectivity index (χ1n) is 4.54. The second kappa shape index (κ2) is 4.17. The number of rotatable bonds is 2. The van der Waals surface area contributed by atoms with Crippen LogP contribution in [0.25, 0.3) is 10.9 Å². The van der Waals surface area contributed by atoms with Gasteiger partial charge in [-0.1, -0.05) is 6.07 Å². The van der Waals surface area contributed by atoms with Crippen LogP contribution in [-0.2, 0) is 0 Å². The third-order valence-corrected chi connectivity index (χ3v) is 4.29. The molecule has 78 valence electrons. The number of carbonyl (C=O) groups excluding carboxylic acids is 1. The molecule has 0 aliphatic rings.